The fraction of sp³-hybridized carbons (Fsp3) is 0.0526. The molecule has 0 N–H and O–H groups in total. The second kappa shape index (κ2) is 7.38. The minimum absolute atomic E-state index is 0.673. The fourth-order valence-electron chi connectivity index (χ4n) is 2.75. The van der Waals surface area contributed by atoms with Gasteiger partial charge >= 0.3 is 0 Å². The zero-order valence-electron chi connectivity index (χ0n) is 14.4. The molecule has 0 saturated carbocycles. The number of halogens is 1. The Hall–Kier alpha value is -2.68. The summed E-state index contributed by atoms with van der Waals surface area (Å²) >= 11 is 9.02. The van der Waals surface area contributed by atoms with Crippen molar-refractivity contribution >= 4 is 39.7 Å². The van der Waals surface area contributed by atoms with Crippen molar-refractivity contribution in [3.63, 3.8) is 0 Å². The molecule has 5 rings (SSSR count). The van der Waals surface area contributed by atoms with Gasteiger partial charge in [0.2, 0.25) is 4.96 Å². The van der Waals surface area contributed by atoms with Gasteiger partial charge in [-0.3, -0.25) is 4.98 Å². The maximum atomic E-state index is 5.96. The van der Waals surface area contributed by atoms with Crippen LogP contribution in [0.4, 0.5) is 0 Å². The van der Waals surface area contributed by atoms with Crippen LogP contribution in [-0.2, 0) is 6.54 Å². The van der Waals surface area contributed by atoms with Gasteiger partial charge in [0.1, 0.15) is 0 Å². The van der Waals surface area contributed by atoms with Crippen LogP contribution in [0.25, 0.3) is 16.2 Å². The van der Waals surface area contributed by atoms with Crippen molar-refractivity contribution in [2.75, 3.05) is 0 Å². The van der Waals surface area contributed by atoms with E-state index < -0.39 is 0 Å². The molecule has 0 atom stereocenters. The van der Waals surface area contributed by atoms with Gasteiger partial charge in [-0.05, 0) is 36.0 Å². The summed E-state index contributed by atoms with van der Waals surface area (Å²) in [5.41, 5.74) is 2.88. The number of rotatable bonds is 5. The third-order valence-electron chi connectivity index (χ3n) is 4.08. The van der Waals surface area contributed by atoms with Crippen LogP contribution in [0.5, 0.6) is 0 Å². The Kier molecular flexibility index (Phi) is 4.59. The smallest absolute Gasteiger partial charge is 0.213 e. The summed E-state index contributed by atoms with van der Waals surface area (Å²) < 4.78 is 4.76. The van der Waals surface area contributed by atoms with Crippen LogP contribution in [0.15, 0.2) is 76.7 Å². The standard InChI is InChI=1S/C19H13ClN6S2/c20-14-6-4-13(5-7-14)16-12-26-18(23-16)28-19(24-26)27-17-22-9-10-25(17)11-15-3-1-2-8-21-15/h1-10,12H,11H2. The predicted octanol–water partition coefficient (Wildman–Crippen LogP) is 4.90. The molecular weight excluding hydrogens is 412 g/mol. The maximum Gasteiger partial charge on any atom is 0.213 e. The molecule has 0 aliphatic carbocycles. The molecule has 4 aromatic heterocycles. The minimum Gasteiger partial charge on any atom is -0.320 e. The summed E-state index contributed by atoms with van der Waals surface area (Å²) in [6, 6.07) is 13.5. The van der Waals surface area contributed by atoms with Crippen molar-refractivity contribution in [2.45, 2.75) is 16.0 Å². The third kappa shape index (κ3) is 3.54. The number of benzene rings is 1. The Morgan fingerprint density at radius 1 is 1.04 bits per heavy atom. The maximum absolute atomic E-state index is 5.96. The second-order valence-corrected chi connectivity index (χ2v) is 8.60. The van der Waals surface area contributed by atoms with Gasteiger partial charge in [-0.1, -0.05) is 41.1 Å². The van der Waals surface area contributed by atoms with Gasteiger partial charge in [-0.2, -0.15) is 0 Å². The topological polar surface area (TPSA) is 60.9 Å². The minimum atomic E-state index is 0.673. The van der Waals surface area contributed by atoms with Crippen LogP contribution in [0.1, 0.15) is 5.69 Å². The molecule has 0 aliphatic heterocycles. The third-order valence-corrected chi connectivity index (χ3v) is 6.33. The lowest BCUT2D eigenvalue weighted by Gasteiger charge is -2.05. The Bertz CT molecular complexity index is 1200. The Balaban J connectivity index is 1.37. The first-order valence-corrected chi connectivity index (χ1v) is 10.5. The zero-order valence-corrected chi connectivity index (χ0v) is 16.8. The average Bonchev–Trinajstić information content (AvgIpc) is 3.39. The molecule has 1 aromatic carbocycles. The highest BCUT2D eigenvalue weighted by Crippen LogP contribution is 2.32. The van der Waals surface area contributed by atoms with Crippen LogP contribution < -0.4 is 0 Å². The number of pyridine rings is 1. The monoisotopic (exact) mass is 424 g/mol. The largest absolute Gasteiger partial charge is 0.320 e. The highest BCUT2D eigenvalue weighted by atomic mass is 35.5. The van der Waals surface area contributed by atoms with Gasteiger partial charge in [-0.25, -0.2) is 14.5 Å². The summed E-state index contributed by atoms with van der Waals surface area (Å²) in [6.45, 7) is 0.673. The summed E-state index contributed by atoms with van der Waals surface area (Å²) in [5, 5.41) is 6.23. The van der Waals surface area contributed by atoms with Gasteiger partial charge < -0.3 is 4.57 Å². The number of hydrogen-bond donors (Lipinski definition) is 0. The van der Waals surface area contributed by atoms with Gasteiger partial charge in [0.15, 0.2) is 9.50 Å². The van der Waals surface area contributed by atoms with Crippen molar-refractivity contribution in [3.8, 4) is 11.3 Å². The fourth-order valence-corrected chi connectivity index (χ4v) is 4.75. The molecule has 138 valence electrons. The molecular formula is C19H13ClN6S2. The van der Waals surface area contributed by atoms with Crippen molar-refractivity contribution in [2.24, 2.45) is 0 Å². The summed E-state index contributed by atoms with van der Waals surface area (Å²) in [7, 11) is 0. The molecule has 0 saturated heterocycles. The molecule has 9 heteroatoms. The van der Waals surface area contributed by atoms with E-state index in [1.165, 1.54) is 23.1 Å². The second-order valence-electron chi connectivity index (χ2n) is 5.99. The summed E-state index contributed by atoms with van der Waals surface area (Å²) in [4.78, 5) is 14.4. The molecule has 28 heavy (non-hydrogen) atoms. The van der Waals surface area contributed by atoms with Gasteiger partial charge in [-0.15, -0.1) is 5.10 Å². The lowest BCUT2D eigenvalue weighted by atomic mass is 10.2. The molecule has 0 spiro atoms. The number of fused-ring (bicyclic) bond motifs is 1. The van der Waals surface area contributed by atoms with Crippen LogP contribution in [0.2, 0.25) is 5.02 Å². The van der Waals surface area contributed by atoms with Gasteiger partial charge in [0.05, 0.1) is 24.1 Å². The highest BCUT2D eigenvalue weighted by Gasteiger charge is 2.13. The van der Waals surface area contributed by atoms with E-state index in [4.69, 9.17) is 11.6 Å². The molecule has 0 amide bonds. The van der Waals surface area contributed by atoms with Crippen LogP contribution in [0.3, 0.4) is 0 Å². The number of imidazole rings is 2. The number of nitrogens with zero attached hydrogens (tertiary/aromatic N) is 6. The van der Waals surface area contributed by atoms with E-state index in [0.29, 0.717) is 11.6 Å². The molecule has 6 nitrogen and oxygen atoms in total. The Morgan fingerprint density at radius 3 is 2.71 bits per heavy atom. The molecule has 0 radical (unpaired) electrons. The number of aromatic nitrogens is 6. The van der Waals surface area contributed by atoms with Gasteiger partial charge in [0, 0.05) is 29.2 Å². The Morgan fingerprint density at radius 2 is 1.93 bits per heavy atom. The van der Waals surface area contributed by atoms with Crippen molar-refractivity contribution in [1.29, 1.82) is 0 Å². The highest BCUT2D eigenvalue weighted by molar-refractivity contribution is 8.01. The van der Waals surface area contributed by atoms with Gasteiger partial charge in [0.25, 0.3) is 0 Å². The quantitative estimate of drug-likeness (QED) is 0.401. The van der Waals surface area contributed by atoms with Crippen molar-refractivity contribution in [1.82, 2.24) is 29.1 Å². The SMILES string of the molecule is Clc1ccc(-c2cn3nc(Sc4nccn4Cc4ccccn4)sc3n2)cc1. The first-order chi connectivity index (χ1) is 13.7. The summed E-state index contributed by atoms with van der Waals surface area (Å²) in [5.74, 6) is 0. The van der Waals surface area contributed by atoms with E-state index in [1.54, 1.807) is 12.4 Å². The van der Waals surface area contributed by atoms with E-state index >= 15 is 0 Å². The molecule has 4 heterocycles. The molecule has 5 aromatic rings. The molecule has 0 fully saturated rings. The van der Waals surface area contributed by atoms with E-state index in [2.05, 4.69) is 24.6 Å². The van der Waals surface area contributed by atoms with Crippen LogP contribution in [-0.4, -0.2) is 29.1 Å². The van der Waals surface area contributed by atoms with Crippen LogP contribution >= 0.6 is 34.7 Å². The van der Waals surface area contributed by atoms with E-state index in [0.717, 1.165) is 31.4 Å². The Labute approximate surface area is 173 Å². The predicted molar refractivity (Wildman–Crippen MR) is 111 cm³/mol. The first kappa shape index (κ1) is 17.4. The normalized spacial score (nSPS) is 11.3. The molecule has 0 bridgehead atoms. The van der Waals surface area contributed by atoms with Crippen molar-refractivity contribution < 1.29 is 0 Å². The van der Waals surface area contributed by atoms with E-state index in [-0.39, 0.29) is 0 Å². The number of hydrogen-bond acceptors (Lipinski definition) is 6. The lowest BCUT2D eigenvalue weighted by Crippen LogP contribution is -2.01. The molecule has 0 aliphatic rings. The lowest BCUT2D eigenvalue weighted by molar-refractivity contribution is 0.693. The molecule has 0 unspecified atom stereocenters. The van der Waals surface area contributed by atoms with Crippen LogP contribution in [0, 0.1) is 0 Å². The zero-order chi connectivity index (χ0) is 18.9. The van der Waals surface area contributed by atoms with E-state index in [9.17, 15) is 0 Å². The summed E-state index contributed by atoms with van der Waals surface area (Å²) in [6.07, 6.45) is 7.48. The average molecular weight is 425 g/mol. The first-order valence-electron chi connectivity index (χ1n) is 8.46. The van der Waals surface area contributed by atoms with Crippen molar-refractivity contribution in [3.05, 3.63) is 78.0 Å². The van der Waals surface area contributed by atoms with E-state index in [1.807, 2.05) is 59.4 Å².